The van der Waals surface area contributed by atoms with E-state index in [1.54, 1.807) is 4.90 Å². The number of nitrogens with zero attached hydrogens (tertiary/aromatic N) is 2. The second-order valence-electron chi connectivity index (χ2n) is 6.92. The van der Waals surface area contributed by atoms with Gasteiger partial charge in [0.1, 0.15) is 12.1 Å². The van der Waals surface area contributed by atoms with E-state index in [2.05, 4.69) is 22.3 Å². The summed E-state index contributed by atoms with van der Waals surface area (Å²) in [5, 5.41) is 2.96. The summed E-state index contributed by atoms with van der Waals surface area (Å²) in [7, 11) is 0. The first-order valence-corrected chi connectivity index (χ1v) is 9.16. The highest BCUT2D eigenvalue weighted by molar-refractivity contribution is 6.02. The van der Waals surface area contributed by atoms with Gasteiger partial charge in [0.15, 0.2) is 0 Å². The Labute approximate surface area is 153 Å². The molecule has 2 heterocycles. The zero-order valence-corrected chi connectivity index (χ0v) is 14.9. The number of hydrogen-bond acceptors (Lipinski definition) is 3. The fourth-order valence-electron chi connectivity index (χ4n) is 3.88. The van der Waals surface area contributed by atoms with E-state index in [1.807, 2.05) is 49.4 Å². The lowest BCUT2D eigenvalue weighted by Gasteiger charge is -2.27. The molecule has 4 rings (SSSR count). The summed E-state index contributed by atoms with van der Waals surface area (Å²) in [4.78, 5) is 29.3. The van der Waals surface area contributed by atoms with E-state index in [-0.39, 0.29) is 17.9 Å². The maximum Gasteiger partial charge on any atom is 0.249 e. The van der Waals surface area contributed by atoms with Crippen molar-refractivity contribution >= 4 is 23.2 Å². The number of amides is 2. The molecule has 2 aromatic rings. The third-order valence-corrected chi connectivity index (χ3v) is 5.36. The first-order chi connectivity index (χ1) is 12.6. The fraction of sp³-hybridized carbons (Fsp3) is 0.333. The van der Waals surface area contributed by atoms with Gasteiger partial charge in [0.05, 0.1) is 0 Å². The Bertz CT molecular complexity index is 821. The van der Waals surface area contributed by atoms with Gasteiger partial charge in [0, 0.05) is 24.5 Å². The molecular weight excluding hydrogens is 326 g/mol. The van der Waals surface area contributed by atoms with Crippen LogP contribution in [-0.4, -0.2) is 37.0 Å². The lowest BCUT2D eigenvalue weighted by molar-refractivity contribution is -0.127. The zero-order chi connectivity index (χ0) is 18.1. The summed E-state index contributed by atoms with van der Waals surface area (Å²) in [6.07, 6.45) is 1.60. The van der Waals surface area contributed by atoms with Crippen LogP contribution >= 0.6 is 0 Å². The molecule has 2 aliphatic heterocycles. The molecule has 2 aromatic carbocycles. The minimum Gasteiger partial charge on any atom is -0.359 e. The van der Waals surface area contributed by atoms with E-state index in [1.165, 1.54) is 5.56 Å². The quantitative estimate of drug-likeness (QED) is 0.922. The molecule has 0 bridgehead atoms. The van der Waals surface area contributed by atoms with Gasteiger partial charge < -0.3 is 15.1 Å². The van der Waals surface area contributed by atoms with Crippen LogP contribution in [0.15, 0.2) is 54.6 Å². The van der Waals surface area contributed by atoms with E-state index >= 15 is 0 Å². The number of hydrogen-bond donors (Lipinski definition) is 1. The van der Waals surface area contributed by atoms with Crippen molar-refractivity contribution in [3.05, 3.63) is 60.2 Å². The highest BCUT2D eigenvalue weighted by atomic mass is 16.2. The Kier molecular flexibility index (Phi) is 4.37. The van der Waals surface area contributed by atoms with Crippen LogP contribution in [0.2, 0.25) is 0 Å². The minimum atomic E-state index is -0.442. The Hall–Kier alpha value is -2.82. The summed E-state index contributed by atoms with van der Waals surface area (Å²) >= 11 is 0. The van der Waals surface area contributed by atoms with Crippen molar-refractivity contribution < 1.29 is 9.59 Å². The lowest BCUT2D eigenvalue weighted by atomic mass is 10.1. The van der Waals surface area contributed by atoms with Crippen LogP contribution in [0.25, 0.3) is 0 Å². The predicted molar refractivity (Wildman–Crippen MR) is 102 cm³/mol. The molecule has 26 heavy (non-hydrogen) atoms. The molecule has 0 aliphatic carbocycles. The summed E-state index contributed by atoms with van der Waals surface area (Å²) < 4.78 is 0. The van der Waals surface area contributed by atoms with Gasteiger partial charge in [0.2, 0.25) is 11.8 Å². The van der Waals surface area contributed by atoms with Crippen LogP contribution in [0.3, 0.4) is 0 Å². The molecule has 2 amide bonds. The lowest BCUT2D eigenvalue weighted by Crippen LogP contribution is -2.50. The van der Waals surface area contributed by atoms with E-state index < -0.39 is 6.04 Å². The molecular formula is C21H23N3O2. The molecule has 0 spiro atoms. The number of anilines is 2. The summed E-state index contributed by atoms with van der Waals surface area (Å²) in [6, 6.07) is 17.1. The minimum absolute atomic E-state index is 0.0291. The molecule has 0 unspecified atom stereocenters. The SMILES string of the molecule is C[C@@H](C(=O)N[C@H]1CCN(c2ccccc2)C1=O)N1CCc2ccccc21. The smallest absolute Gasteiger partial charge is 0.249 e. The van der Waals surface area contributed by atoms with Gasteiger partial charge in [-0.1, -0.05) is 36.4 Å². The van der Waals surface area contributed by atoms with Gasteiger partial charge in [-0.05, 0) is 43.5 Å². The van der Waals surface area contributed by atoms with Gasteiger partial charge in [-0.3, -0.25) is 9.59 Å². The van der Waals surface area contributed by atoms with E-state index in [0.717, 1.165) is 24.3 Å². The van der Waals surface area contributed by atoms with E-state index in [4.69, 9.17) is 0 Å². The average molecular weight is 349 g/mol. The Morgan fingerprint density at radius 1 is 1.08 bits per heavy atom. The Morgan fingerprint density at radius 2 is 1.81 bits per heavy atom. The first kappa shape index (κ1) is 16.6. The van der Waals surface area contributed by atoms with Crippen molar-refractivity contribution in [3.63, 3.8) is 0 Å². The first-order valence-electron chi connectivity index (χ1n) is 9.16. The molecule has 0 saturated carbocycles. The monoisotopic (exact) mass is 349 g/mol. The number of nitrogens with one attached hydrogen (secondary N) is 1. The van der Waals surface area contributed by atoms with Crippen LogP contribution in [0.4, 0.5) is 11.4 Å². The fourth-order valence-corrected chi connectivity index (χ4v) is 3.88. The molecule has 5 heteroatoms. The number of rotatable bonds is 4. The summed E-state index contributed by atoms with van der Waals surface area (Å²) in [5.74, 6) is -0.117. The molecule has 2 atom stereocenters. The normalized spacial score (nSPS) is 20.2. The number of carbonyl (C=O) groups is 2. The van der Waals surface area contributed by atoms with Crippen molar-refractivity contribution in [2.24, 2.45) is 0 Å². The summed E-state index contributed by atoms with van der Waals surface area (Å²) in [6.45, 7) is 3.38. The maximum absolute atomic E-state index is 12.8. The van der Waals surface area contributed by atoms with Crippen LogP contribution in [0, 0.1) is 0 Å². The van der Waals surface area contributed by atoms with Gasteiger partial charge >= 0.3 is 0 Å². The predicted octanol–water partition coefficient (Wildman–Crippen LogP) is 2.36. The number of carbonyl (C=O) groups excluding carboxylic acids is 2. The van der Waals surface area contributed by atoms with Crippen molar-refractivity contribution in [2.45, 2.75) is 31.8 Å². The molecule has 5 nitrogen and oxygen atoms in total. The van der Waals surface area contributed by atoms with Crippen LogP contribution < -0.4 is 15.1 Å². The van der Waals surface area contributed by atoms with Crippen molar-refractivity contribution in [2.75, 3.05) is 22.9 Å². The molecule has 2 aliphatic rings. The molecule has 1 fully saturated rings. The van der Waals surface area contributed by atoms with E-state index in [9.17, 15) is 9.59 Å². The van der Waals surface area contributed by atoms with Crippen LogP contribution in [0.1, 0.15) is 18.9 Å². The van der Waals surface area contributed by atoms with Crippen molar-refractivity contribution in [3.8, 4) is 0 Å². The van der Waals surface area contributed by atoms with Gasteiger partial charge in [-0.15, -0.1) is 0 Å². The molecule has 1 saturated heterocycles. The van der Waals surface area contributed by atoms with Crippen LogP contribution in [0.5, 0.6) is 0 Å². The van der Waals surface area contributed by atoms with Crippen LogP contribution in [-0.2, 0) is 16.0 Å². The molecule has 134 valence electrons. The number of benzene rings is 2. The maximum atomic E-state index is 12.8. The van der Waals surface area contributed by atoms with Crippen molar-refractivity contribution in [1.29, 1.82) is 0 Å². The second-order valence-corrected chi connectivity index (χ2v) is 6.92. The Balaban J connectivity index is 1.42. The van der Waals surface area contributed by atoms with Gasteiger partial charge in [-0.2, -0.15) is 0 Å². The second kappa shape index (κ2) is 6.83. The molecule has 1 N–H and O–H groups in total. The van der Waals surface area contributed by atoms with Gasteiger partial charge in [0.25, 0.3) is 0 Å². The standard InChI is InChI=1S/C21H23N3O2/c1-15(23-13-11-16-7-5-6-10-19(16)23)20(25)22-18-12-14-24(21(18)26)17-8-3-2-4-9-17/h2-10,15,18H,11-14H2,1H3,(H,22,25)/t15-,18-/m0/s1. The van der Waals surface area contributed by atoms with E-state index in [0.29, 0.717) is 13.0 Å². The third kappa shape index (κ3) is 2.94. The topological polar surface area (TPSA) is 52.7 Å². The van der Waals surface area contributed by atoms with Gasteiger partial charge in [-0.25, -0.2) is 0 Å². The highest BCUT2D eigenvalue weighted by Crippen LogP contribution is 2.29. The third-order valence-electron chi connectivity index (χ3n) is 5.36. The summed E-state index contributed by atoms with van der Waals surface area (Å²) in [5.41, 5.74) is 3.29. The average Bonchev–Trinajstić information content (AvgIpc) is 3.26. The number of para-hydroxylation sites is 2. The van der Waals surface area contributed by atoms with Crippen molar-refractivity contribution in [1.82, 2.24) is 5.32 Å². The largest absolute Gasteiger partial charge is 0.359 e. The zero-order valence-electron chi connectivity index (χ0n) is 14.9. The Morgan fingerprint density at radius 3 is 2.62 bits per heavy atom. The number of fused-ring (bicyclic) bond motifs is 1. The molecule has 0 radical (unpaired) electrons. The molecule has 0 aromatic heterocycles. The highest BCUT2D eigenvalue weighted by Gasteiger charge is 2.36.